The molecule has 0 atom stereocenters. The van der Waals surface area contributed by atoms with Gasteiger partial charge in [-0.1, -0.05) is 25.5 Å². The topological polar surface area (TPSA) is 103 Å². The van der Waals surface area contributed by atoms with Crippen LogP contribution in [0.2, 0.25) is 0 Å². The van der Waals surface area contributed by atoms with Crippen molar-refractivity contribution < 1.29 is 0 Å². The predicted molar refractivity (Wildman–Crippen MR) is 72.1 cm³/mol. The van der Waals surface area contributed by atoms with E-state index in [0.29, 0.717) is 0 Å². The molecule has 0 radical (unpaired) electrons. The average molecular weight is 233 g/mol. The SMILES string of the molecule is CCCCc1ccc(N=C(N)N=C(N)N)cc1. The Bertz CT molecular complexity index is 401. The highest BCUT2D eigenvalue weighted by Crippen LogP contribution is 2.14. The van der Waals surface area contributed by atoms with E-state index in [4.69, 9.17) is 17.2 Å². The molecule has 1 aromatic rings. The number of aryl methyl sites for hydroxylation is 1. The fourth-order valence-corrected chi connectivity index (χ4v) is 1.41. The molecular formula is C12H19N5. The molecule has 5 heteroatoms. The van der Waals surface area contributed by atoms with E-state index in [-0.39, 0.29) is 11.9 Å². The van der Waals surface area contributed by atoms with Gasteiger partial charge in [-0.2, -0.15) is 4.99 Å². The second kappa shape index (κ2) is 6.52. The van der Waals surface area contributed by atoms with Gasteiger partial charge in [0.1, 0.15) is 0 Å². The van der Waals surface area contributed by atoms with Crippen LogP contribution in [0.15, 0.2) is 34.3 Å². The Kier molecular flexibility index (Phi) is 5.00. The first-order chi connectivity index (χ1) is 8.11. The molecule has 5 nitrogen and oxygen atoms in total. The number of aliphatic imine (C=N–C) groups is 2. The molecule has 0 aliphatic rings. The van der Waals surface area contributed by atoms with Crippen LogP contribution in [0.3, 0.4) is 0 Å². The first kappa shape index (κ1) is 13.0. The Morgan fingerprint density at radius 1 is 1.12 bits per heavy atom. The molecule has 0 bridgehead atoms. The third-order valence-electron chi connectivity index (χ3n) is 2.24. The normalized spacial score (nSPS) is 11.2. The minimum atomic E-state index is -0.0918. The van der Waals surface area contributed by atoms with Gasteiger partial charge in [-0.3, -0.25) is 0 Å². The van der Waals surface area contributed by atoms with Crippen LogP contribution in [-0.4, -0.2) is 11.9 Å². The summed E-state index contributed by atoms with van der Waals surface area (Å²) < 4.78 is 0. The summed E-state index contributed by atoms with van der Waals surface area (Å²) in [5.41, 5.74) is 18.0. The predicted octanol–water partition coefficient (Wildman–Crippen LogP) is 1.25. The number of nitrogens with two attached hydrogens (primary N) is 3. The molecule has 1 rings (SSSR count). The molecule has 1 aromatic carbocycles. The monoisotopic (exact) mass is 233 g/mol. The van der Waals surface area contributed by atoms with Gasteiger partial charge in [-0.05, 0) is 30.5 Å². The van der Waals surface area contributed by atoms with E-state index in [1.807, 2.05) is 24.3 Å². The van der Waals surface area contributed by atoms with Gasteiger partial charge in [0.15, 0.2) is 5.96 Å². The van der Waals surface area contributed by atoms with Gasteiger partial charge in [-0.25, -0.2) is 4.99 Å². The van der Waals surface area contributed by atoms with Crippen molar-refractivity contribution in [3.63, 3.8) is 0 Å². The van der Waals surface area contributed by atoms with E-state index >= 15 is 0 Å². The number of rotatable bonds is 4. The Hall–Kier alpha value is -2.04. The van der Waals surface area contributed by atoms with Crippen LogP contribution in [-0.2, 0) is 6.42 Å². The lowest BCUT2D eigenvalue weighted by molar-refractivity contribution is 0.795. The molecule has 92 valence electrons. The lowest BCUT2D eigenvalue weighted by Gasteiger charge is -2.00. The fourth-order valence-electron chi connectivity index (χ4n) is 1.41. The highest BCUT2D eigenvalue weighted by Gasteiger charge is 1.95. The largest absolute Gasteiger partial charge is 0.370 e. The second-order valence-corrected chi connectivity index (χ2v) is 3.78. The van der Waals surface area contributed by atoms with Crippen molar-refractivity contribution >= 4 is 17.6 Å². The van der Waals surface area contributed by atoms with Crippen LogP contribution in [0.25, 0.3) is 0 Å². The van der Waals surface area contributed by atoms with Crippen molar-refractivity contribution in [2.24, 2.45) is 27.2 Å². The third kappa shape index (κ3) is 5.01. The molecule has 0 spiro atoms. The van der Waals surface area contributed by atoms with Gasteiger partial charge in [-0.15, -0.1) is 0 Å². The van der Waals surface area contributed by atoms with Crippen molar-refractivity contribution in [2.75, 3.05) is 0 Å². The molecule has 6 N–H and O–H groups in total. The summed E-state index contributed by atoms with van der Waals surface area (Å²) in [4.78, 5) is 7.71. The summed E-state index contributed by atoms with van der Waals surface area (Å²) in [5.74, 6) is -0.0304. The minimum Gasteiger partial charge on any atom is -0.370 e. The number of hydrogen-bond donors (Lipinski definition) is 3. The number of hydrogen-bond acceptors (Lipinski definition) is 1. The number of unbranched alkanes of at least 4 members (excludes halogenated alkanes) is 1. The number of guanidine groups is 2. The van der Waals surface area contributed by atoms with Gasteiger partial charge < -0.3 is 17.2 Å². The summed E-state index contributed by atoms with van der Waals surface area (Å²) >= 11 is 0. The van der Waals surface area contributed by atoms with Crippen LogP contribution >= 0.6 is 0 Å². The van der Waals surface area contributed by atoms with Crippen LogP contribution in [0.4, 0.5) is 5.69 Å². The standard InChI is InChI=1S/C12H19N5/c1-2-3-4-9-5-7-10(8-6-9)16-12(15)17-11(13)14/h5-8H,2-4H2,1H3,(H6,13,14,15,16,17). The molecule has 0 aromatic heterocycles. The van der Waals surface area contributed by atoms with Crippen molar-refractivity contribution in [1.29, 1.82) is 0 Å². The molecule has 0 unspecified atom stereocenters. The molecule has 0 amide bonds. The zero-order valence-electron chi connectivity index (χ0n) is 10.1. The van der Waals surface area contributed by atoms with Gasteiger partial charge in [0, 0.05) is 0 Å². The van der Waals surface area contributed by atoms with Crippen molar-refractivity contribution in [2.45, 2.75) is 26.2 Å². The second-order valence-electron chi connectivity index (χ2n) is 3.78. The summed E-state index contributed by atoms with van der Waals surface area (Å²) in [6, 6.07) is 7.88. The van der Waals surface area contributed by atoms with Crippen molar-refractivity contribution in [3.8, 4) is 0 Å². The van der Waals surface area contributed by atoms with E-state index in [1.54, 1.807) is 0 Å². The minimum absolute atomic E-state index is 0.0614. The zero-order valence-corrected chi connectivity index (χ0v) is 10.1. The van der Waals surface area contributed by atoms with Gasteiger partial charge in [0.25, 0.3) is 0 Å². The molecule has 0 heterocycles. The van der Waals surface area contributed by atoms with E-state index in [9.17, 15) is 0 Å². The first-order valence-corrected chi connectivity index (χ1v) is 5.64. The lowest BCUT2D eigenvalue weighted by atomic mass is 10.1. The summed E-state index contributed by atoms with van der Waals surface area (Å²) in [7, 11) is 0. The van der Waals surface area contributed by atoms with Gasteiger partial charge >= 0.3 is 0 Å². The Balaban J connectivity index is 2.71. The van der Waals surface area contributed by atoms with Gasteiger partial charge in [0.05, 0.1) is 5.69 Å². The quantitative estimate of drug-likeness (QED) is 0.538. The van der Waals surface area contributed by atoms with E-state index < -0.39 is 0 Å². The van der Waals surface area contributed by atoms with Gasteiger partial charge in [0.2, 0.25) is 5.96 Å². The summed E-state index contributed by atoms with van der Waals surface area (Å²) in [6.45, 7) is 2.18. The zero-order chi connectivity index (χ0) is 12.7. The van der Waals surface area contributed by atoms with Crippen LogP contribution < -0.4 is 17.2 Å². The maximum absolute atomic E-state index is 5.53. The molecule has 0 aliphatic carbocycles. The maximum atomic E-state index is 5.53. The van der Waals surface area contributed by atoms with E-state index in [0.717, 1.165) is 12.1 Å². The van der Waals surface area contributed by atoms with E-state index in [1.165, 1.54) is 18.4 Å². The highest BCUT2D eigenvalue weighted by atomic mass is 15.1. The molecule has 0 fully saturated rings. The Morgan fingerprint density at radius 3 is 2.29 bits per heavy atom. The molecular weight excluding hydrogens is 214 g/mol. The van der Waals surface area contributed by atoms with E-state index in [2.05, 4.69) is 16.9 Å². The number of nitrogens with zero attached hydrogens (tertiary/aromatic N) is 2. The van der Waals surface area contributed by atoms with Crippen molar-refractivity contribution in [3.05, 3.63) is 29.8 Å². The molecule has 0 aliphatic heterocycles. The molecule has 0 saturated carbocycles. The third-order valence-corrected chi connectivity index (χ3v) is 2.24. The molecule has 17 heavy (non-hydrogen) atoms. The summed E-state index contributed by atoms with van der Waals surface area (Å²) in [5, 5.41) is 0. The van der Waals surface area contributed by atoms with Crippen molar-refractivity contribution in [1.82, 2.24) is 0 Å². The Morgan fingerprint density at radius 2 is 1.76 bits per heavy atom. The van der Waals surface area contributed by atoms with Crippen LogP contribution in [0, 0.1) is 0 Å². The lowest BCUT2D eigenvalue weighted by Crippen LogP contribution is -2.26. The number of benzene rings is 1. The Labute approximate surface area is 101 Å². The average Bonchev–Trinajstić information content (AvgIpc) is 2.27. The molecule has 0 saturated heterocycles. The first-order valence-electron chi connectivity index (χ1n) is 5.64. The smallest absolute Gasteiger partial charge is 0.223 e. The van der Waals surface area contributed by atoms with Crippen LogP contribution in [0.1, 0.15) is 25.3 Å². The summed E-state index contributed by atoms with van der Waals surface area (Å²) in [6.07, 6.45) is 3.47. The highest BCUT2D eigenvalue weighted by molar-refractivity contribution is 5.93. The fraction of sp³-hybridized carbons (Fsp3) is 0.333. The maximum Gasteiger partial charge on any atom is 0.223 e. The van der Waals surface area contributed by atoms with Crippen LogP contribution in [0.5, 0.6) is 0 Å².